The average molecular weight is 382 g/mol. The molecule has 2 amide bonds. The Morgan fingerprint density at radius 3 is 2.75 bits per heavy atom. The van der Waals surface area contributed by atoms with Gasteiger partial charge in [-0.3, -0.25) is 14.4 Å². The van der Waals surface area contributed by atoms with Crippen LogP contribution in [0.15, 0.2) is 42.5 Å². The normalized spacial score (nSPS) is 16.2. The molecule has 1 heterocycles. The molecule has 1 aliphatic rings. The van der Waals surface area contributed by atoms with Crippen LogP contribution in [0.4, 0.5) is 11.4 Å². The largest absolute Gasteiger partial charge is 0.478 e. The molecule has 146 valence electrons. The highest BCUT2D eigenvalue weighted by atomic mass is 16.6. The number of fused-ring (bicyclic) bond motifs is 1. The zero-order valence-corrected chi connectivity index (χ0v) is 15.9. The number of carbonyl (C=O) groups excluding carboxylic acids is 3. The van der Waals surface area contributed by atoms with Crippen LogP contribution in [0.25, 0.3) is 0 Å². The minimum absolute atomic E-state index is 0.290. The second-order valence-corrected chi connectivity index (χ2v) is 6.74. The van der Waals surface area contributed by atoms with Gasteiger partial charge in [-0.25, -0.2) is 0 Å². The molecule has 0 radical (unpaired) electrons. The van der Waals surface area contributed by atoms with Crippen LogP contribution in [0, 0.1) is 13.8 Å². The Morgan fingerprint density at radius 2 is 1.96 bits per heavy atom. The highest BCUT2D eigenvalue weighted by molar-refractivity contribution is 6.00. The van der Waals surface area contributed by atoms with Crippen molar-refractivity contribution >= 4 is 29.2 Å². The van der Waals surface area contributed by atoms with Crippen molar-refractivity contribution in [1.82, 2.24) is 0 Å². The van der Waals surface area contributed by atoms with E-state index in [1.807, 2.05) is 32.0 Å². The minimum Gasteiger partial charge on any atom is -0.478 e. The third kappa shape index (κ3) is 4.49. The Bertz CT molecular complexity index is 925. The predicted molar refractivity (Wildman–Crippen MR) is 104 cm³/mol. The number of hydrogen-bond acceptors (Lipinski definition) is 5. The number of benzene rings is 2. The number of rotatable bonds is 5. The minimum atomic E-state index is -1.01. The standard InChI is InChI=1S/C21H22N2O5/c1-12-8-9-13(2)16(10-12)23-20(25)14(3)27-19(24)11-18-21(26)22-15-6-4-5-7-17(15)28-18/h4-10,14,18H,11H2,1-3H3,(H,22,26)(H,23,25)/t14-,18-/m1/s1. The van der Waals surface area contributed by atoms with Crippen molar-refractivity contribution in [3.8, 4) is 5.75 Å². The lowest BCUT2D eigenvalue weighted by Crippen LogP contribution is -2.40. The molecule has 2 atom stereocenters. The summed E-state index contributed by atoms with van der Waals surface area (Å²) in [5.41, 5.74) is 3.13. The zero-order valence-electron chi connectivity index (χ0n) is 15.9. The lowest BCUT2D eigenvalue weighted by Gasteiger charge is -2.25. The van der Waals surface area contributed by atoms with Crippen molar-refractivity contribution in [3.05, 3.63) is 53.6 Å². The Labute approximate surface area is 163 Å². The molecule has 0 saturated carbocycles. The number of nitrogens with one attached hydrogen (secondary N) is 2. The van der Waals surface area contributed by atoms with Crippen LogP contribution in [0.1, 0.15) is 24.5 Å². The number of anilines is 2. The average Bonchev–Trinajstić information content (AvgIpc) is 2.65. The summed E-state index contributed by atoms with van der Waals surface area (Å²) < 4.78 is 10.8. The van der Waals surface area contributed by atoms with Gasteiger partial charge in [-0.1, -0.05) is 24.3 Å². The molecule has 0 bridgehead atoms. The first kappa shape index (κ1) is 19.4. The van der Waals surface area contributed by atoms with E-state index < -0.39 is 30.0 Å². The molecule has 7 nitrogen and oxygen atoms in total. The maximum absolute atomic E-state index is 12.3. The fraction of sp³-hybridized carbons (Fsp3) is 0.286. The van der Waals surface area contributed by atoms with Crippen LogP contribution < -0.4 is 15.4 Å². The molecule has 1 aliphatic heterocycles. The molecule has 28 heavy (non-hydrogen) atoms. The van der Waals surface area contributed by atoms with Gasteiger partial charge in [-0.2, -0.15) is 0 Å². The maximum Gasteiger partial charge on any atom is 0.310 e. The van der Waals surface area contributed by atoms with E-state index in [1.165, 1.54) is 6.92 Å². The molecular formula is C21H22N2O5. The first-order valence-corrected chi connectivity index (χ1v) is 8.97. The van der Waals surface area contributed by atoms with Crippen LogP contribution in [0.3, 0.4) is 0 Å². The molecule has 2 aromatic rings. The smallest absolute Gasteiger partial charge is 0.310 e. The summed E-state index contributed by atoms with van der Waals surface area (Å²) in [4.78, 5) is 36.6. The van der Waals surface area contributed by atoms with E-state index in [-0.39, 0.29) is 6.42 Å². The summed E-state index contributed by atoms with van der Waals surface area (Å²) in [5, 5.41) is 5.44. The Morgan fingerprint density at radius 1 is 1.21 bits per heavy atom. The van der Waals surface area contributed by atoms with Gasteiger partial charge in [0.1, 0.15) is 5.75 Å². The zero-order chi connectivity index (χ0) is 20.3. The fourth-order valence-corrected chi connectivity index (χ4v) is 2.78. The second-order valence-electron chi connectivity index (χ2n) is 6.74. The van der Waals surface area contributed by atoms with E-state index in [0.717, 1.165) is 11.1 Å². The predicted octanol–water partition coefficient (Wildman–Crippen LogP) is 2.96. The van der Waals surface area contributed by atoms with Crippen molar-refractivity contribution in [2.45, 2.75) is 39.4 Å². The van der Waals surface area contributed by atoms with Crippen LogP contribution in [0.2, 0.25) is 0 Å². The summed E-state index contributed by atoms with van der Waals surface area (Å²) in [6, 6.07) is 12.6. The van der Waals surface area contributed by atoms with E-state index in [9.17, 15) is 14.4 Å². The molecule has 2 aromatic carbocycles. The molecule has 0 unspecified atom stereocenters. The fourth-order valence-electron chi connectivity index (χ4n) is 2.78. The molecule has 0 spiro atoms. The summed E-state index contributed by atoms with van der Waals surface area (Å²) in [6.07, 6.45) is -2.30. The third-order valence-corrected chi connectivity index (χ3v) is 4.39. The van der Waals surface area contributed by atoms with E-state index in [1.54, 1.807) is 24.3 Å². The van der Waals surface area contributed by atoms with E-state index in [0.29, 0.717) is 17.1 Å². The van der Waals surface area contributed by atoms with Gasteiger partial charge in [0.2, 0.25) is 0 Å². The third-order valence-electron chi connectivity index (χ3n) is 4.39. The van der Waals surface area contributed by atoms with Gasteiger partial charge in [-0.15, -0.1) is 0 Å². The van der Waals surface area contributed by atoms with Crippen LogP contribution in [0.5, 0.6) is 5.75 Å². The highest BCUT2D eigenvalue weighted by Crippen LogP contribution is 2.29. The molecule has 0 aromatic heterocycles. The van der Waals surface area contributed by atoms with Crippen LogP contribution in [-0.4, -0.2) is 30.0 Å². The molecule has 0 fully saturated rings. The number of ether oxygens (including phenoxy) is 2. The molecule has 2 N–H and O–H groups in total. The second kappa shape index (κ2) is 8.12. The summed E-state index contributed by atoms with van der Waals surface area (Å²) in [7, 11) is 0. The SMILES string of the molecule is Cc1ccc(C)c(NC(=O)[C@@H](C)OC(=O)C[C@H]2Oc3ccccc3NC2=O)c1. The van der Waals surface area contributed by atoms with Gasteiger partial charge in [0.05, 0.1) is 12.1 Å². The first-order chi connectivity index (χ1) is 13.3. The number of carbonyl (C=O) groups is 3. The first-order valence-electron chi connectivity index (χ1n) is 8.97. The maximum atomic E-state index is 12.3. The van der Waals surface area contributed by atoms with Crippen molar-refractivity contribution in [3.63, 3.8) is 0 Å². The quantitative estimate of drug-likeness (QED) is 0.776. The monoisotopic (exact) mass is 382 g/mol. The summed E-state index contributed by atoms with van der Waals surface area (Å²) in [5.74, 6) is -1.08. The van der Waals surface area contributed by atoms with Gasteiger partial charge in [0.25, 0.3) is 11.8 Å². The Hall–Kier alpha value is -3.35. The Kier molecular flexibility index (Phi) is 5.63. The molecule has 7 heteroatoms. The van der Waals surface area contributed by atoms with Crippen molar-refractivity contribution in [2.24, 2.45) is 0 Å². The molecule has 0 saturated heterocycles. The number of para-hydroxylation sites is 2. The van der Waals surface area contributed by atoms with E-state index >= 15 is 0 Å². The van der Waals surface area contributed by atoms with Crippen LogP contribution in [-0.2, 0) is 19.1 Å². The van der Waals surface area contributed by atoms with Gasteiger partial charge in [0, 0.05) is 5.69 Å². The molecular weight excluding hydrogens is 360 g/mol. The van der Waals surface area contributed by atoms with Crippen molar-refractivity contribution in [1.29, 1.82) is 0 Å². The van der Waals surface area contributed by atoms with Crippen molar-refractivity contribution in [2.75, 3.05) is 10.6 Å². The van der Waals surface area contributed by atoms with Gasteiger partial charge in [-0.05, 0) is 50.1 Å². The summed E-state index contributed by atoms with van der Waals surface area (Å²) >= 11 is 0. The number of esters is 1. The number of aryl methyl sites for hydroxylation is 2. The van der Waals surface area contributed by atoms with E-state index in [4.69, 9.17) is 9.47 Å². The highest BCUT2D eigenvalue weighted by Gasteiger charge is 2.31. The lowest BCUT2D eigenvalue weighted by atomic mass is 10.1. The summed E-state index contributed by atoms with van der Waals surface area (Å²) in [6.45, 7) is 5.28. The number of hydrogen-bond donors (Lipinski definition) is 2. The van der Waals surface area contributed by atoms with Gasteiger partial charge in [0.15, 0.2) is 12.2 Å². The Balaban J connectivity index is 1.56. The lowest BCUT2D eigenvalue weighted by molar-refractivity contribution is -0.155. The molecule has 0 aliphatic carbocycles. The van der Waals surface area contributed by atoms with Gasteiger partial charge >= 0.3 is 5.97 Å². The topological polar surface area (TPSA) is 93.7 Å². The van der Waals surface area contributed by atoms with E-state index in [2.05, 4.69) is 10.6 Å². The molecule has 3 rings (SSSR count). The van der Waals surface area contributed by atoms with Crippen molar-refractivity contribution < 1.29 is 23.9 Å². The van der Waals surface area contributed by atoms with Gasteiger partial charge < -0.3 is 20.1 Å². The number of amides is 2. The van der Waals surface area contributed by atoms with Crippen LogP contribution >= 0.6 is 0 Å².